The molecule has 10 heteroatoms. The van der Waals surface area contributed by atoms with Crippen molar-refractivity contribution in [1.82, 2.24) is 4.57 Å². The van der Waals surface area contributed by atoms with Gasteiger partial charge in [-0.05, 0) is 73.2 Å². The first-order chi connectivity index (χ1) is 17.9. The van der Waals surface area contributed by atoms with Crippen molar-refractivity contribution in [2.45, 2.75) is 26.6 Å². The molecule has 4 rings (SSSR count). The van der Waals surface area contributed by atoms with Gasteiger partial charge in [0.1, 0.15) is 18.2 Å². The molecule has 38 heavy (non-hydrogen) atoms. The molecule has 0 saturated heterocycles. The number of aryl methyl sites for hydroxylation is 1. The van der Waals surface area contributed by atoms with E-state index in [9.17, 15) is 32.3 Å². The summed E-state index contributed by atoms with van der Waals surface area (Å²) < 4.78 is 61.7. The number of hydrogen-bond donors (Lipinski definition) is 2. The van der Waals surface area contributed by atoms with E-state index < -0.39 is 29.4 Å². The molecule has 196 valence electrons. The van der Waals surface area contributed by atoms with Gasteiger partial charge in [-0.15, -0.1) is 0 Å². The molecule has 0 aliphatic carbocycles. The van der Waals surface area contributed by atoms with Crippen LogP contribution in [0.25, 0.3) is 16.9 Å². The molecule has 0 bridgehead atoms. The van der Waals surface area contributed by atoms with Crippen molar-refractivity contribution in [2.24, 2.45) is 0 Å². The zero-order valence-electron chi connectivity index (χ0n) is 20.3. The van der Waals surface area contributed by atoms with E-state index in [0.717, 1.165) is 12.1 Å². The molecule has 0 radical (unpaired) electrons. The first-order valence-electron chi connectivity index (χ1n) is 11.4. The first-order valence-corrected chi connectivity index (χ1v) is 11.4. The smallest absolute Gasteiger partial charge is 0.416 e. The highest BCUT2D eigenvalue weighted by atomic mass is 19.4. The summed E-state index contributed by atoms with van der Waals surface area (Å²) in [5.41, 5.74) is 1.12. The number of aromatic carboxylic acids is 1. The highest BCUT2D eigenvalue weighted by molar-refractivity contribution is 5.94. The molecule has 0 fully saturated rings. The summed E-state index contributed by atoms with van der Waals surface area (Å²) in [5, 5.41) is 12.1. The minimum absolute atomic E-state index is 0.0283. The van der Waals surface area contributed by atoms with Gasteiger partial charge >= 0.3 is 12.1 Å². The molecule has 4 aromatic rings. The van der Waals surface area contributed by atoms with E-state index in [0.29, 0.717) is 22.6 Å². The zero-order valence-corrected chi connectivity index (χ0v) is 20.3. The van der Waals surface area contributed by atoms with Gasteiger partial charge in [-0.1, -0.05) is 12.1 Å². The molecule has 0 saturated carbocycles. The predicted octanol–water partition coefficient (Wildman–Crippen LogP) is 6.85. The SMILES string of the molecule is CC(=O)Nc1cc(C(=O)O)cc(-n2c(C)ccc2-c2cc(C(F)(F)F)ccc2OCc2ccc(F)cc2)c1. The predicted molar refractivity (Wildman–Crippen MR) is 133 cm³/mol. The fourth-order valence-corrected chi connectivity index (χ4v) is 4.00. The Hall–Kier alpha value is -4.60. The van der Waals surface area contributed by atoms with Crippen LogP contribution in [0.4, 0.5) is 23.2 Å². The lowest BCUT2D eigenvalue weighted by Gasteiger charge is -2.19. The van der Waals surface area contributed by atoms with Gasteiger partial charge in [0.05, 0.1) is 16.8 Å². The Morgan fingerprint density at radius 1 is 0.974 bits per heavy atom. The summed E-state index contributed by atoms with van der Waals surface area (Å²) >= 11 is 0. The molecule has 2 N–H and O–H groups in total. The molecule has 1 amide bonds. The van der Waals surface area contributed by atoms with Crippen molar-refractivity contribution in [2.75, 3.05) is 5.32 Å². The highest BCUT2D eigenvalue weighted by Gasteiger charge is 2.32. The summed E-state index contributed by atoms with van der Waals surface area (Å²) in [6.45, 7) is 2.95. The minimum atomic E-state index is -4.63. The summed E-state index contributed by atoms with van der Waals surface area (Å²) in [4.78, 5) is 23.4. The quantitative estimate of drug-likeness (QED) is 0.258. The Labute approximate surface area is 215 Å². The topological polar surface area (TPSA) is 80.6 Å². The number of ether oxygens (including phenoxy) is 1. The van der Waals surface area contributed by atoms with E-state index in [1.807, 2.05) is 0 Å². The third-order valence-electron chi connectivity index (χ3n) is 5.71. The minimum Gasteiger partial charge on any atom is -0.488 e. The number of carboxylic acids is 1. The molecule has 0 atom stereocenters. The monoisotopic (exact) mass is 526 g/mol. The van der Waals surface area contributed by atoms with Crippen LogP contribution in [-0.4, -0.2) is 21.6 Å². The summed E-state index contributed by atoms with van der Waals surface area (Å²) in [5.74, 6) is -1.96. The van der Waals surface area contributed by atoms with Crippen LogP contribution >= 0.6 is 0 Å². The second-order valence-corrected chi connectivity index (χ2v) is 8.57. The van der Waals surface area contributed by atoms with Gasteiger partial charge in [0.2, 0.25) is 5.91 Å². The van der Waals surface area contributed by atoms with Gasteiger partial charge in [-0.3, -0.25) is 4.79 Å². The average molecular weight is 526 g/mol. The van der Waals surface area contributed by atoms with Gasteiger partial charge < -0.3 is 19.7 Å². The van der Waals surface area contributed by atoms with Crippen molar-refractivity contribution in [3.63, 3.8) is 0 Å². The summed E-state index contributed by atoms with van der Waals surface area (Å²) in [6.07, 6.45) is -4.63. The number of anilines is 1. The van der Waals surface area contributed by atoms with Crippen LogP contribution in [0.15, 0.2) is 72.8 Å². The second-order valence-electron chi connectivity index (χ2n) is 8.57. The number of aromatic nitrogens is 1. The second kappa shape index (κ2) is 10.4. The summed E-state index contributed by atoms with van der Waals surface area (Å²) in [7, 11) is 0. The Morgan fingerprint density at radius 2 is 1.68 bits per heavy atom. The number of rotatable bonds is 7. The van der Waals surface area contributed by atoms with Gasteiger partial charge in [-0.25, -0.2) is 9.18 Å². The van der Waals surface area contributed by atoms with Crippen LogP contribution in [-0.2, 0) is 17.6 Å². The normalized spacial score (nSPS) is 11.3. The number of nitrogens with one attached hydrogen (secondary N) is 1. The number of carbonyl (C=O) groups is 2. The number of nitrogens with zero attached hydrogens (tertiary/aromatic N) is 1. The van der Waals surface area contributed by atoms with E-state index >= 15 is 0 Å². The lowest BCUT2D eigenvalue weighted by molar-refractivity contribution is -0.137. The fraction of sp³-hybridized carbons (Fsp3) is 0.143. The van der Waals surface area contributed by atoms with Crippen molar-refractivity contribution >= 4 is 17.6 Å². The highest BCUT2D eigenvalue weighted by Crippen LogP contribution is 2.39. The molecule has 3 aromatic carbocycles. The lowest BCUT2D eigenvalue weighted by atomic mass is 10.1. The molecule has 0 spiro atoms. The van der Waals surface area contributed by atoms with Crippen molar-refractivity contribution in [3.05, 3.63) is 101 Å². The van der Waals surface area contributed by atoms with Crippen LogP contribution in [0, 0.1) is 12.7 Å². The van der Waals surface area contributed by atoms with Gasteiger partial charge in [0, 0.05) is 29.6 Å². The van der Waals surface area contributed by atoms with E-state index in [2.05, 4.69) is 5.32 Å². The first kappa shape index (κ1) is 26.5. The molecule has 1 aromatic heterocycles. The maximum atomic E-state index is 13.7. The molecule has 0 unspecified atom stereocenters. The van der Waals surface area contributed by atoms with Crippen molar-refractivity contribution < 1.29 is 37.0 Å². The largest absolute Gasteiger partial charge is 0.488 e. The van der Waals surface area contributed by atoms with Crippen molar-refractivity contribution in [1.29, 1.82) is 0 Å². The number of alkyl halides is 3. The number of benzene rings is 3. The lowest BCUT2D eigenvalue weighted by Crippen LogP contribution is -2.10. The van der Waals surface area contributed by atoms with Crippen LogP contribution in [0.5, 0.6) is 5.75 Å². The summed E-state index contributed by atoms with van der Waals surface area (Å²) in [6, 6.07) is 16.0. The molecular weight excluding hydrogens is 504 g/mol. The van der Waals surface area contributed by atoms with Crippen LogP contribution in [0.2, 0.25) is 0 Å². The molecule has 6 nitrogen and oxygen atoms in total. The van der Waals surface area contributed by atoms with Gasteiger partial charge in [0.15, 0.2) is 0 Å². The fourth-order valence-electron chi connectivity index (χ4n) is 4.00. The molecule has 0 aliphatic rings. The van der Waals surface area contributed by atoms with E-state index in [4.69, 9.17) is 4.74 Å². The maximum absolute atomic E-state index is 13.7. The number of hydrogen-bond acceptors (Lipinski definition) is 3. The number of carbonyl (C=O) groups excluding carboxylic acids is 1. The van der Waals surface area contributed by atoms with Gasteiger partial charge in [-0.2, -0.15) is 13.2 Å². The van der Waals surface area contributed by atoms with E-state index in [-0.39, 0.29) is 29.2 Å². The maximum Gasteiger partial charge on any atom is 0.416 e. The zero-order chi connectivity index (χ0) is 27.6. The van der Waals surface area contributed by atoms with Crippen LogP contribution < -0.4 is 10.1 Å². The third-order valence-corrected chi connectivity index (χ3v) is 5.71. The van der Waals surface area contributed by atoms with E-state index in [1.165, 1.54) is 55.5 Å². The van der Waals surface area contributed by atoms with Crippen LogP contribution in [0.3, 0.4) is 0 Å². The molecule has 1 heterocycles. The van der Waals surface area contributed by atoms with Crippen LogP contribution in [0.1, 0.15) is 34.1 Å². The number of amides is 1. The van der Waals surface area contributed by atoms with Crippen molar-refractivity contribution in [3.8, 4) is 22.7 Å². The van der Waals surface area contributed by atoms with E-state index in [1.54, 1.807) is 23.6 Å². The standard InChI is InChI=1S/C28H22F4N2O4/c1-16-3-9-25(34(16)23-12-19(27(36)37)11-22(14-23)33-17(2)35)24-13-20(28(30,31)32)6-10-26(24)38-15-18-4-7-21(29)8-5-18/h3-14H,15H2,1-2H3,(H,33,35)(H,36,37). The number of halogens is 4. The Balaban J connectivity index is 1.86. The Bertz CT molecular complexity index is 1510. The Morgan fingerprint density at radius 3 is 2.32 bits per heavy atom. The number of carboxylic acid groups (broad SMARTS) is 1. The molecule has 0 aliphatic heterocycles. The molecular formula is C28H22F4N2O4. The third kappa shape index (κ3) is 5.86. The Kier molecular flexibility index (Phi) is 7.25. The average Bonchev–Trinajstić information content (AvgIpc) is 3.23. The van der Waals surface area contributed by atoms with Gasteiger partial charge in [0.25, 0.3) is 0 Å².